The zero-order chi connectivity index (χ0) is 11.2. The van der Waals surface area contributed by atoms with Crippen molar-refractivity contribution in [1.82, 2.24) is 0 Å². The minimum Gasteiger partial charge on any atom is -0.227 e. The fourth-order valence-electron chi connectivity index (χ4n) is 3.24. The highest BCUT2D eigenvalue weighted by atomic mass is 32.2. The maximum atomic E-state index is 11.6. The maximum Gasteiger partial charge on any atom is 0.166 e. The Balaban J connectivity index is 2.16. The van der Waals surface area contributed by atoms with Crippen molar-refractivity contribution in [2.45, 2.75) is 49.7 Å². The van der Waals surface area contributed by atoms with Crippen LogP contribution in [0.15, 0.2) is 0 Å². The monoisotopic (exact) mass is 227 g/mol. The summed E-state index contributed by atoms with van der Waals surface area (Å²) in [6.07, 6.45) is 8.26. The van der Waals surface area contributed by atoms with Crippen LogP contribution in [-0.4, -0.2) is 19.4 Å². The van der Waals surface area contributed by atoms with Gasteiger partial charge < -0.3 is 0 Å². The summed E-state index contributed by atoms with van der Waals surface area (Å²) in [5.74, 6) is 0. The van der Waals surface area contributed by atoms with Gasteiger partial charge in [-0.25, -0.2) is 8.42 Å². The second kappa shape index (κ2) is 3.21. The van der Waals surface area contributed by atoms with Crippen LogP contribution in [-0.2, 0) is 9.84 Å². The summed E-state index contributed by atoms with van der Waals surface area (Å²) < 4.78 is 22.1. The quantitative estimate of drug-likeness (QED) is 0.688. The Labute approximate surface area is 91.4 Å². The molecule has 0 aromatic carbocycles. The van der Waals surface area contributed by atoms with Crippen molar-refractivity contribution in [3.8, 4) is 6.07 Å². The van der Waals surface area contributed by atoms with E-state index in [1.165, 1.54) is 25.5 Å². The van der Waals surface area contributed by atoms with Crippen LogP contribution in [0.1, 0.15) is 44.9 Å². The van der Waals surface area contributed by atoms with Crippen LogP contribution in [0.2, 0.25) is 0 Å². The Hall–Kier alpha value is -0.560. The zero-order valence-electron chi connectivity index (χ0n) is 9.12. The first-order chi connectivity index (χ1) is 6.93. The largest absolute Gasteiger partial charge is 0.227 e. The third-order valence-electron chi connectivity index (χ3n) is 4.15. The first kappa shape index (κ1) is 10.9. The molecule has 15 heavy (non-hydrogen) atoms. The lowest BCUT2D eigenvalue weighted by Gasteiger charge is -2.53. The Kier molecular flexibility index (Phi) is 2.34. The van der Waals surface area contributed by atoms with E-state index in [0.717, 1.165) is 12.8 Å². The molecular formula is C11H17NO2S. The molecule has 0 N–H and O–H groups in total. The SMILES string of the molecule is CS(=O)(=O)C1(C#N)CC2(CCCCC2)C1. The number of hydrogen-bond acceptors (Lipinski definition) is 3. The van der Waals surface area contributed by atoms with Gasteiger partial charge in [0, 0.05) is 6.26 Å². The van der Waals surface area contributed by atoms with Crippen LogP contribution in [0.4, 0.5) is 0 Å². The average Bonchev–Trinajstić information content (AvgIpc) is 2.13. The van der Waals surface area contributed by atoms with Gasteiger partial charge in [-0.05, 0) is 31.1 Å². The summed E-state index contributed by atoms with van der Waals surface area (Å²) in [6, 6.07) is 2.04. The molecule has 0 heterocycles. The third kappa shape index (κ3) is 1.57. The zero-order valence-corrected chi connectivity index (χ0v) is 9.94. The van der Waals surface area contributed by atoms with Crippen LogP contribution < -0.4 is 0 Å². The van der Waals surface area contributed by atoms with Crippen molar-refractivity contribution < 1.29 is 8.42 Å². The smallest absolute Gasteiger partial charge is 0.166 e. The Morgan fingerprint density at radius 2 is 1.67 bits per heavy atom. The summed E-state index contributed by atoms with van der Waals surface area (Å²) >= 11 is 0. The predicted octanol–water partition coefficient (Wildman–Crippen LogP) is 2.04. The van der Waals surface area contributed by atoms with Crippen molar-refractivity contribution >= 4 is 9.84 Å². The van der Waals surface area contributed by atoms with Gasteiger partial charge in [-0.3, -0.25) is 0 Å². The van der Waals surface area contributed by atoms with Gasteiger partial charge >= 0.3 is 0 Å². The number of rotatable bonds is 1. The summed E-state index contributed by atoms with van der Waals surface area (Å²) in [5, 5.41) is 9.06. The van der Waals surface area contributed by atoms with E-state index >= 15 is 0 Å². The van der Waals surface area contributed by atoms with Crippen molar-refractivity contribution in [3.05, 3.63) is 0 Å². The van der Waals surface area contributed by atoms with Crippen LogP contribution in [0.3, 0.4) is 0 Å². The van der Waals surface area contributed by atoms with E-state index < -0.39 is 14.6 Å². The minimum absolute atomic E-state index is 0.192. The lowest BCUT2D eigenvalue weighted by Crippen LogP contribution is -2.56. The molecule has 3 nitrogen and oxygen atoms in total. The van der Waals surface area contributed by atoms with Gasteiger partial charge in [-0.1, -0.05) is 19.3 Å². The highest BCUT2D eigenvalue weighted by Gasteiger charge is 2.60. The minimum atomic E-state index is -3.21. The van der Waals surface area contributed by atoms with E-state index in [1.54, 1.807) is 0 Å². The van der Waals surface area contributed by atoms with Gasteiger partial charge in [0.2, 0.25) is 0 Å². The van der Waals surface area contributed by atoms with E-state index in [1.807, 2.05) is 6.07 Å². The normalized spacial score (nSPS) is 28.0. The van der Waals surface area contributed by atoms with Gasteiger partial charge in [0.1, 0.15) is 0 Å². The molecule has 0 saturated heterocycles. The molecule has 2 rings (SSSR count). The van der Waals surface area contributed by atoms with Gasteiger partial charge in [-0.2, -0.15) is 5.26 Å². The van der Waals surface area contributed by atoms with Gasteiger partial charge in [0.05, 0.1) is 6.07 Å². The van der Waals surface area contributed by atoms with Crippen LogP contribution in [0.25, 0.3) is 0 Å². The molecule has 0 amide bonds. The van der Waals surface area contributed by atoms with E-state index in [2.05, 4.69) is 0 Å². The second-order valence-corrected chi connectivity index (χ2v) is 7.62. The Morgan fingerprint density at radius 3 is 2.07 bits per heavy atom. The van der Waals surface area contributed by atoms with E-state index in [4.69, 9.17) is 5.26 Å². The van der Waals surface area contributed by atoms with Crippen molar-refractivity contribution in [2.24, 2.45) is 5.41 Å². The highest BCUT2D eigenvalue weighted by Crippen LogP contribution is 2.59. The van der Waals surface area contributed by atoms with Gasteiger partial charge in [-0.15, -0.1) is 0 Å². The lowest BCUT2D eigenvalue weighted by molar-refractivity contribution is 0.0551. The number of hydrogen-bond donors (Lipinski definition) is 0. The molecule has 2 aliphatic rings. The third-order valence-corrected chi connectivity index (χ3v) is 5.95. The molecule has 0 aliphatic heterocycles. The molecule has 0 atom stereocenters. The molecule has 2 aliphatic carbocycles. The van der Waals surface area contributed by atoms with Crippen LogP contribution >= 0.6 is 0 Å². The second-order valence-electron chi connectivity index (χ2n) is 5.29. The van der Waals surface area contributed by atoms with Crippen molar-refractivity contribution in [1.29, 1.82) is 5.26 Å². The van der Waals surface area contributed by atoms with Crippen LogP contribution in [0.5, 0.6) is 0 Å². The van der Waals surface area contributed by atoms with E-state index in [9.17, 15) is 8.42 Å². The topological polar surface area (TPSA) is 57.9 Å². The Morgan fingerprint density at radius 1 is 1.13 bits per heavy atom. The van der Waals surface area contributed by atoms with Gasteiger partial charge in [0.15, 0.2) is 14.6 Å². The van der Waals surface area contributed by atoms with Crippen LogP contribution in [0, 0.1) is 16.7 Å². The molecule has 0 radical (unpaired) electrons. The first-order valence-electron chi connectivity index (χ1n) is 5.54. The number of nitrogens with zero attached hydrogens (tertiary/aromatic N) is 1. The maximum absolute atomic E-state index is 11.6. The molecule has 1 spiro atoms. The molecular weight excluding hydrogens is 210 g/mol. The average molecular weight is 227 g/mol. The molecule has 0 aromatic rings. The van der Waals surface area contributed by atoms with Crippen molar-refractivity contribution in [3.63, 3.8) is 0 Å². The fraction of sp³-hybridized carbons (Fsp3) is 0.909. The van der Waals surface area contributed by atoms with Crippen molar-refractivity contribution in [2.75, 3.05) is 6.26 Å². The van der Waals surface area contributed by atoms with E-state index in [-0.39, 0.29) is 5.41 Å². The number of nitriles is 1. The summed E-state index contributed by atoms with van der Waals surface area (Å²) in [6.45, 7) is 0. The van der Waals surface area contributed by atoms with E-state index in [0.29, 0.717) is 12.8 Å². The molecule has 2 fully saturated rings. The molecule has 0 bridgehead atoms. The first-order valence-corrected chi connectivity index (χ1v) is 7.43. The summed E-state index contributed by atoms with van der Waals surface area (Å²) in [7, 11) is -3.21. The highest BCUT2D eigenvalue weighted by molar-refractivity contribution is 7.92. The molecule has 4 heteroatoms. The fourth-order valence-corrected chi connectivity index (χ4v) is 4.54. The number of sulfone groups is 1. The molecule has 0 aromatic heterocycles. The Bertz CT molecular complexity index is 391. The molecule has 84 valence electrons. The standard InChI is InChI=1S/C11H17NO2S/c1-15(13,14)11(9-12)7-10(8-11)5-3-2-4-6-10/h2-8H2,1H3. The summed E-state index contributed by atoms with van der Waals surface area (Å²) in [5.41, 5.74) is 0.192. The van der Waals surface area contributed by atoms with Gasteiger partial charge in [0.25, 0.3) is 0 Å². The molecule has 2 saturated carbocycles. The predicted molar refractivity (Wildman–Crippen MR) is 57.9 cm³/mol. The molecule has 0 unspecified atom stereocenters. The summed E-state index contributed by atoms with van der Waals surface area (Å²) in [4.78, 5) is 0. The lowest BCUT2D eigenvalue weighted by atomic mass is 9.56.